The number of benzene rings is 3. The Kier molecular flexibility index (Phi) is 9.69. The number of halogens is 2. The summed E-state index contributed by atoms with van der Waals surface area (Å²) in [6, 6.07) is 29.8. The van der Waals surface area contributed by atoms with Crippen LogP contribution in [0.2, 0.25) is 5.02 Å². The quantitative estimate of drug-likeness (QED) is 0.0795. The normalized spacial score (nSPS) is 10.7. The first-order valence-corrected chi connectivity index (χ1v) is 15.3. The average molecular weight is 656 g/mol. The molecule has 0 aliphatic carbocycles. The molecule has 6 rings (SSSR count). The number of nitrogens with zero attached hydrogens (tertiary/aromatic N) is 5. The summed E-state index contributed by atoms with van der Waals surface area (Å²) in [5, 5.41) is 4.45. The molecule has 0 saturated carbocycles. The van der Waals surface area contributed by atoms with Gasteiger partial charge >= 0.3 is 0 Å². The molecule has 0 unspecified atom stereocenters. The lowest BCUT2D eigenvalue weighted by atomic mass is 10.0. The maximum atomic E-state index is 13.5. The zero-order valence-corrected chi connectivity index (χ0v) is 26.2. The molecule has 3 aromatic carbocycles. The molecule has 8 nitrogen and oxygen atoms in total. The fourth-order valence-corrected chi connectivity index (χ4v) is 5.09. The summed E-state index contributed by atoms with van der Waals surface area (Å²) in [7, 11) is 0. The first-order valence-electron chi connectivity index (χ1n) is 14.9. The fraction of sp³-hybridized carbons (Fsp3) is 0.0526. The molecule has 0 aliphatic heterocycles. The van der Waals surface area contributed by atoms with Gasteiger partial charge in [-0.1, -0.05) is 90.5 Å². The number of ether oxygens (including phenoxy) is 1. The van der Waals surface area contributed by atoms with Crippen LogP contribution in [0.5, 0.6) is 11.5 Å². The van der Waals surface area contributed by atoms with Gasteiger partial charge in [0.05, 0.1) is 24.9 Å². The molecule has 0 radical (unpaired) electrons. The van der Waals surface area contributed by atoms with Gasteiger partial charge in [0.1, 0.15) is 16.6 Å². The molecule has 0 N–H and O–H groups in total. The van der Waals surface area contributed by atoms with Crippen molar-refractivity contribution >= 4 is 28.9 Å². The smallest absolute Gasteiger partial charge is 0.219 e. The highest BCUT2D eigenvalue weighted by Crippen LogP contribution is 2.35. The lowest BCUT2D eigenvalue weighted by Crippen LogP contribution is -2.25. The van der Waals surface area contributed by atoms with Crippen LogP contribution in [-0.2, 0) is 13.0 Å². The molecule has 0 bridgehead atoms. The Balaban J connectivity index is 1.22. The molecule has 3 heterocycles. The lowest BCUT2D eigenvalue weighted by molar-refractivity contribution is 0.0983. The van der Waals surface area contributed by atoms with Crippen molar-refractivity contribution in [1.82, 2.24) is 19.7 Å². The van der Waals surface area contributed by atoms with Crippen LogP contribution in [-0.4, -0.2) is 31.2 Å². The number of ketones is 1. The molecule has 6 aromatic rings. The van der Waals surface area contributed by atoms with Crippen molar-refractivity contribution < 1.29 is 13.9 Å². The number of allylic oxidation sites excluding steroid dienone is 1. The van der Waals surface area contributed by atoms with E-state index in [1.54, 1.807) is 30.5 Å². The van der Waals surface area contributed by atoms with Gasteiger partial charge in [-0.2, -0.15) is 5.10 Å². The van der Waals surface area contributed by atoms with E-state index >= 15 is 0 Å². The number of pyridine rings is 2. The molecule has 3 aromatic heterocycles. The number of aromatic nitrogens is 4. The molecule has 0 aliphatic rings. The third-order valence-electron chi connectivity index (χ3n) is 7.22. The van der Waals surface area contributed by atoms with Crippen molar-refractivity contribution in [2.45, 2.75) is 13.0 Å². The van der Waals surface area contributed by atoms with Crippen LogP contribution in [0.3, 0.4) is 0 Å². The van der Waals surface area contributed by atoms with Gasteiger partial charge in [0.15, 0.2) is 23.0 Å². The third kappa shape index (κ3) is 7.32. The minimum absolute atomic E-state index is 0.180. The van der Waals surface area contributed by atoms with Gasteiger partial charge in [-0.15, -0.1) is 6.58 Å². The Morgan fingerprint density at radius 1 is 0.917 bits per heavy atom. The number of hydrogen-bond acceptors (Lipinski definition) is 7. The number of rotatable bonds is 11. The summed E-state index contributed by atoms with van der Waals surface area (Å²) >= 11 is 6.74. The van der Waals surface area contributed by atoms with E-state index in [2.05, 4.69) is 21.6 Å². The van der Waals surface area contributed by atoms with Gasteiger partial charge in [-0.25, -0.2) is 14.4 Å². The highest BCUT2D eigenvalue weighted by Gasteiger charge is 2.19. The van der Waals surface area contributed by atoms with Crippen molar-refractivity contribution in [3.05, 3.63) is 178 Å². The van der Waals surface area contributed by atoms with Crippen LogP contribution in [0.1, 0.15) is 27.3 Å². The Hall–Kier alpha value is -6.06. The Bertz CT molecular complexity index is 2130. The monoisotopic (exact) mass is 655 g/mol. The molecular formula is C38H27ClFN5O3. The van der Waals surface area contributed by atoms with Crippen LogP contribution in [0, 0.1) is 5.82 Å². The van der Waals surface area contributed by atoms with Crippen LogP contribution in [0.25, 0.3) is 11.1 Å². The zero-order chi connectivity index (χ0) is 33.5. The van der Waals surface area contributed by atoms with E-state index in [1.807, 2.05) is 60.7 Å². The summed E-state index contributed by atoms with van der Waals surface area (Å²) in [6.45, 7) is 3.97. The fourth-order valence-electron chi connectivity index (χ4n) is 4.90. The second-order valence-electron chi connectivity index (χ2n) is 10.6. The molecule has 0 amide bonds. The van der Waals surface area contributed by atoms with Crippen molar-refractivity contribution in [2.75, 3.05) is 0 Å². The summed E-state index contributed by atoms with van der Waals surface area (Å²) in [4.78, 5) is 40.2. The molecule has 0 saturated heterocycles. The van der Waals surface area contributed by atoms with Gasteiger partial charge in [-0.3, -0.25) is 19.3 Å². The standard InChI is InChI=1S/C38H27ClFN5O3/c1-2-21-45-24-31(25-13-15-28(40)16-14-25)37(47)36(44-45)32(46)22-29-17-18-30(23-42-29)48-33-19-20-41-38(34(33)39)43-35(26-9-5-3-6-10-26)27-11-7-4-8-12-27/h2-20,23-24H,1,21-22H2. The summed E-state index contributed by atoms with van der Waals surface area (Å²) in [5.74, 6) is 0.0145. The largest absolute Gasteiger partial charge is 0.454 e. The summed E-state index contributed by atoms with van der Waals surface area (Å²) < 4.78 is 21.0. The minimum atomic E-state index is -0.555. The van der Waals surface area contributed by atoms with Gasteiger partial charge in [-0.05, 0) is 29.8 Å². The van der Waals surface area contributed by atoms with Crippen LogP contribution in [0.15, 0.2) is 144 Å². The first-order chi connectivity index (χ1) is 23.4. The van der Waals surface area contributed by atoms with Crippen LogP contribution < -0.4 is 10.2 Å². The van der Waals surface area contributed by atoms with Crippen LogP contribution >= 0.6 is 11.6 Å². The predicted octanol–water partition coefficient (Wildman–Crippen LogP) is 8.07. The van der Waals surface area contributed by atoms with E-state index in [0.29, 0.717) is 28.5 Å². The van der Waals surface area contributed by atoms with E-state index < -0.39 is 17.0 Å². The van der Waals surface area contributed by atoms with E-state index in [1.165, 1.54) is 41.3 Å². The maximum absolute atomic E-state index is 13.5. The predicted molar refractivity (Wildman–Crippen MR) is 184 cm³/mol. The van der Waals surface area contributed by atoms with Crippen molar-refractivity contribution in [1.29, 1.82) is 0 Å². The SMILES string of the molecule is C=CCn1cc(-c2ccc(F)cc2)c(=O)c(C(=O)Cc2ccc(Oc3ccnc(N=C(c4ccccc4)c4ccccc4)c3Cl)cn2)n1. The summed E-state index contributed by atoms with van der Waals surface area (Å²) in [5.41, 5.74) is 2.80. The van der Waals surface area contributed by atoms with E-state index in [0.717, 1.165) is 11.1 Å². The summed E-state index contributed by atoms with van der Waals surface area (Å²) in [6.07, 6.45) is 5.94. The van der Waals surface area contributed by atoms with Gasteiger partial charge in [0.2, 0.25) is 5.43 Å². The van der Waals surface area contributed by atoms with E-state index in [9.17, 15) is 14.0 Å². The lowest BCUT2D eigenvalue weighted by Gasteiger charge is -2.11. The Labute approximate surface area is 280 Å². The number of aliphatic imine (C=N–C) groups is 1. The second kappa shape index (κ2) is 14.6. The Morgan fingerprint density at radius 2 is 1.60 bits per heavy atom. The van der Waals surface area contributed by atoms with E-state index in [4.69, 9.17) is 21.3 Å². The molecular weight excluding hydrogens is 629 g/mol. The van der Waals surface area contributed by atoms with Crippen molar-refractivity contribution in [3.8, 4) is 22.6 Å². The van der Waals surface area contributed by atoms with Crippen LogP contribution in [0.4, 0.5) is 10.2 Å². The number of hydrogen-bond donors (Lipinski definition) is 0. The topological polar surface area (TPSA) is 99.3 Å². The van der Waals surface area contributed by atoms with Gasteiger partial charge < -0.3 is 4.74 Å². The number of Topliss-reactive ketones (excluding diaryl/α,β-unsaturated/α-hetero) is 1. The average Bonchev–Trinajstić information content (AvgIpc) is 3.11. The van der Waals surface area contributed by atoms with E-state index in [-0.39, 0.29) is 35.1 Å². The van der Waals surface area contributed by atoms with Gasteiger partial charge in [0.25, 0.3) is 0 Å². The number of carbonyl (C=O) groups is 1. The van der Waals surface area contributed by atoms with Gasteiger partial charge in [0, 0.05) is 40.8 Å². The zero-order valence-electron chi connectivity index (χ0n) is 25.5. The number of carbonyl (C=O) groups excluding carboxylic acids is 1. The molecule has 10 heteroatoms. The molecule has 0 spiro atoms. The minimum Gasteiger partial charge on any atom is -0.454 e. The van der Waals surface area contributed by atoms with Crippen molar-refractivity contribution in [2.24, 2.45) is 4.99 Å². The first kappa shape index (κ1) is 31.9. The molecule has 0 atom stereocenters. The highest BCUT2D eigenvalue weighted by molar-refractivity contribution is 6.34. The highest BCUT2D eigenvalue weighted by atomic mass is 35.5. The Morgan fingerprint density at radius 3 is 2.23 bits per heavy atom. The molecule has 236 valence electrons. The maximum Gasteiger partial charge on any atom is 0.219 e. The molecule has 48 heavy (non-hydrogen) atoms. The van der Waals surface area contributed by atoms with Crippen molar-refractivity contribution in [3.63, 3.8) is 0 Å². The third-order valence-corrected chi connectivity index (χ3v) is 7.57. The molecule has 0 fully saturated rings. The second-order valence-corrected chi connectivity index (χ2v) is 10.9.